The quantitative estimate of drug-likeness (QED) is 0.172. The molecule has 6 rings (SSSR count). The van der Waals surface area contributed by atoms with Gasteiger partial charge >= 0.3 is 12.7 Å². The first kappa shape index (κ1) is 33.9. The molecule has 1 aliphatic heterocycles. The van der Waals surface area contributed by atoms with Gasteiger partial charge in [-0.3, -0.25) is 4.79 Å². The zero-order chi connectivity index (χ0) is 34.4. The second kappa shape index (κ2) is 12.8. The largest absolute Gasteiger partial charge is 0.573 e. The number of hydrogen-bond acceptors (Lipinski definition) is 10. The van der Waals surface area contributed by atoms with Gasteiger partial charge in [-0.05, 0) is 54.8 Å². The Balaban J connectivity index is 1.25. The number of anilines is 1. The van der Waals surface area contributed by atoms with Crippen LogP contribution in [0.4, 0.5) is 31.5 Å². The van der Waals surface area contributed by atoms with Crippen LogP contribution in [0.15, 0.2) is 53.4 Å². The number of alkyl halides is 6. The van der Waals surface area contributed by atoms with Crippen molar-refractivity contribution >= 4 is 54.3 Å². The molecule has 4 aromatic rings. The highest BCUT2D eigenvalue weighted by molar-refractivity contribution is 7.89. The fraction of sp³-hybridized carbons (Fsp3) is 0.357. The zero-order valence-corrected chi connectivity index (χ0v) is 26.6. The molecule has 2 fully saturated rings. The molecular weight excluding hydrogens is 714 g/mol. The van der Waals surface area contributed by atoms with Crippen LogP contribution in [0.2, 0.25) is 5.15 Å². The third-order valence-electron chi connectivity index (χ3n) is 7.35. The molecule has 2 aliphatic rings. The lowest BCUT2D eigenvalue weighted by molar-refractivity contribution is -0.275. The fourth-order valence-electron chi connectivity index (χ4n) is 4.96. The highest BCUT2D eigenvalue weighted by Gasteiger charge is 2.41. The highest BCUT2D eigenvalue weighted by atomic mass is 35.5. The second-order valence-corrected chi connectivity index (χ2v) is 14.0. The summed E-state index contributed by atoms with van der Waals surface area (Å²) in [7, 11) is -4.44. The van der Waals surface area contributed by atoms with Crippen LogP contribution in [-0.4, -0.2) is 72.0 Å². The van der Waals surface area contributed by atoms with Crippen LogP contribution >= 0.6 is 22.9 Å². The average Bonchev–Trinajstić information content (AvgIpc) is 3.77. The number of rotatable bonds is 9. The zero-order valence-electron chi connectivity index (χ0n) is 24.3. The van der Waals surface area contributed by atoms with E-state index < -0.39 is 46.2 Å². The highest BCUT2D eigenvalue weighted by Crippen LogP contribution is 2.41. The molecule has 0 bridgehead atoms. The maximum absolute atomic E-state index is 13.8. The number of hydrogen-bond donors (Lipinski definition) is 1. The number of thiazole rings is 1. The minimum atomic E-state index is -4.98. The van der Waals surface area contributed by atoms with Crippen LogP contribution in [-0.2, 0) is 21.4 Å². The molecule has 1 atom stereocenters. The van der Waals surface area contributed by atoms with Crippen molar-refractivity contribution in [3.05, 3.63) is 65.1 Å². The lowest BCUT2D eigenvalue weighted by Gasteiger charge is -2.39. The van der Waals surface area contributed by atoms with Gasteiger partial charge in [0.15, 0.2) is 15.9 Å². The lowest BCUT2D eigenvalue weighted by Crippen LogP contribution is -2.60. The first-order chi connectivity index (χ1) is 22.6. The van der Waals surface area contributed by atoms with E-state index in [0.717, 1.165) is 53.5 Å². The summed E-state index contributed by atoms with van der Waals surface area (Å²) in [4.78, 5) is 28.4. The Morgan fingerprint density at radius 1 is 0.917 bits per heavy atom. The van der Waals surface area contributed by atoms with Crippen molar-refractivity contribution in [3.8, 4) is 11.5 Å². The number of carbonyl (C=O) groups excluding carboxylic acids is 1. The Kier molecular flexibility index (Phi) is 9.07. The minimum absolute atomic E-state index is 0.0826. The Morgan fingerprint density at radius 2 is 1.52 bits per heavy atom. The van der Waals surface area contributed by atoms with Gasteiger partial charge in [0.25, 0.3) is 0 Å². The summed E-state index contributed by atoms with van der Waals surface area (Å²) in [6.45, 7) is -0.485. The van der Waals surface area contributed by atoms with Crippen molar-refractivity contribution < 1.29 is 49.0 Å². The first-order valence-electron chi connectivity index (χ1n) is 14.1. The number of nitrogens with one attached hydrogen (secondary N) is 1. The first-order valence-corrected chi connectivity index (χ1v) is 16.8. The summed E-state index contributed by atoms with van der Waals surface area (Å²) in [6, 6.07) is 6.94. The van der Waals surface area contributed by atoms with Crippen molar-refractivity contribution in [3.63, 3.8) is 0 Å². The van der Waals surface area contributed by atoms with Crippen molar-refractivity contribution in [2.75, 3.05) is 24.5 Å². The molecule has 0 spiro atoms. The third kappa shape index (κ3) is 7.85. The van der Waals surface area contributed by atoms with Gasteiger partial charge in [0.1, 0.15) is 28.1 Å². The van der Waals surface area contributed by atoms with Crippen molar-refractivity contribution in [1.82, 2.24) is 24.6 Å². The average molecular weight is 737 g/mol. The van der Waals surface area contributed by atoms with Gasteiger partial charge in [0.2, 0.25) is 15.9 Å². The van der Waals surface area contributed by atoms with E-state index >= 15 is 0 Å². The minimum Gasteiger partial charge on any atom is -0.406 e. The summed E-state index contributed by atoms with van der Waals surface area (Å²) in [5.41, 5.74) is 0.762. The number of sulfonamides is 1. The third-order valence-corrected chi connectivity index (χ3v) is 10.8. The summed E-state index contributed by atoms with van der Waals surface area (Å²) in [5, 5.41) is 3.26. The van der Waals surface area contributed by atoms with E-state index in [2.05, 4.69) is 29.7 Å². The number of benzene rings is 2. The lowest BCUT2D eigenvalue weighted by atomic mass is 10.1. The van der Waals surface area contributed by atoms with Crippen LogP contribution < -0.4 is 19.7 Å². The van der Waals surface area contributed by atoms with E-state index in [1.165, 1.54) is 23.5 Å². The van der Waals surface area contributed by atoms with E-state index in [9.17, 15) is 39.6 Å². The summed E-state index contributed by atoms with van der Waals surface area (Å²) < 4.78 is 112. The molecule has 256 valence electrons. The second-order valence-electron chi connectivity index (χ2n) is 10.8. The SMILES string of the molecule is O=C(NCc1ccc(OC(F)(F)F)cc1)C1CN(c2nc3nc(C4CC4)nc(Cl)c3s2)CCN1S(=O)(=O)c1ccc(OC(F)(F)F)cc1. The smallest absolute Gasteiger partial charge is 0.406 e. The van der Waals surface area contributed by atoms with Crippen LogP contribution in [0.1, 0.15) is 30.1 Å². The van der Waals surface area contributed by atoms with E-state index in [1.54, 1.807) is 4.90 Å². The molecule has 0 radical (unpaired) electrons. The molecule has 20 heteroatoms. The van der Waals surface area contributed by atoms with E-state index in [0.29, 0.717) is 26.9 Å². The van der Waals surface area contributed by atoms with Gasteiger partial charge < -0.3 is 19.7 Å². The van der Waals surface area contributed by atoms with E-state index in [-0.39, 0.29) is 42.1 Å². The van der Waals surface area contributed by atoms with Gasteiger partial charge in [-0.15, -0.1) is 26.3 Å². The predicted octanol–water partition coefficient (Wildman–Crippen LogP) is 5.61. The Labute approximate surface area is 277 Å². The molecule has 1 saturated heterocycles. The Hall–Kier alpha value is -3.94. The maximum atomic E-state index is 13.8. The predicted molar refractivity (Wildman–Crippen MR) is 160 cm³/mol. The van der Waals surface area contributed by atoms with Gasteiger partial charge in [-0.25, -0.2) is 18.4 Å². The molecule has 3 heterocycles. The van der Waals surface area contributed by atoms with Crippen molar-refractivity contribution in [1.29, 1.82) is 0 Å². The van der Waals surface area contributed by atoms with Crippen molar-refractivity contribution in [2.24, 2.45) is 0 Å². The molecule has 2 aromatic carbocycles. The molecule has 2 aromatic heterocycles. The van der Waals surface area contributed by atoms with Crippen LogP contribution in [0.3, 0.4) is 0 Å². The van der Waals surface area contributed by atoms with E-state index in [1.807, 2.05) is 0 Å². The number of fused-ring (bicyclic) bond motifs is 1. The van der Waals surface area contributed by atoms with Gasteiger partial charge in [0.05, 0.1) is 4.90 Å². The van der Waals surface area contributed by atoms with Crippen molar-refractivity contribution in [2.45, 2.75) is 49.0 Å². The molecule has 48 heavy (non-hydrogen) atoms. The Bertz CT molecular complexity index is 1920. The number of carbonyl (C=O) groups is 1. The Morgan fingerprint density at radius 3 is 2.10 bits per heavy atom. The molecular formula is C28H23ClF6N6O5S2. The normalized spacial score (nSPS) is 17.8. The number of nitrogens with zero attached hydrogens (tertiary/aromatic N) is 5. The summed E-state index contributed by atoms with van der Waals surface area (Å²) >= 11 is 7.59. The fourth-order valence-corrected chi connectivity index (χ4v) is 7.74. The number of aromatic nitrogens is 3. The van der Waals surface area contributed by atoms with E-state index in [4.69, 9.17) is 11.6 Å². The topological polar surface area (TPSA) is 127 Å². The van der Waals surface area contributed by atoms with Gasteiger partial charge in [-0.1, -0.05) is 35.1 Å². The summed E-state index contributed by atoms with van der Waals surface area (Å²) in [5.74, 6) is -1.04. The van der Waals surface area contributed by atoms with Gasteiger partial charge in [0, 0.05) is 32.1 Å². The molecule has 1 amide bonds. The monoisotopic (exact) mass is 736 g/mol. The molecule has 11 nitrogen and oxygen atoms in total. The number of halogens is 7. The molecule has 1 saturated carbocycles. The van der Waals surface area contributed by atoms with Crippen LogP contribution in [0.25, 0.3) is 10.3 Å². The summed E-state index contributed by atoms with van der Waals surface area (Å²) in [6.07, 6.45) is -7.99. The maximum Gasteiger partial charge on any atom is 0.573 e. The molecule has 1 unspecified atom stereocenters. The molecule has 1 N–H and O–H groups in total. The standard InChI is InChI=1S/C28H23ClF6N6O5S2/c29-22-21-24(38-23(37-22)16-3-4-16)39-26(47-21)40-11-12-41(48(43,44)19-9-7-18(8-10-19)46-28(33,34)35)20(14-40)25(42)36-13-15-1-5-17(6-2-15)45-27(30,31)32/h1-2,5-10,16,20H,3-4,11-14H2,(H,36,42). The number of ether oxygens (including phenoxy) is 2. The number of amides is 1. The van der Waals surface area contributed by atoms with Gasteiger partial charge in [-0.2, -0.15) is 9.29 Å². The van der Waals surface area contributed by atoms with Crippen LogP contribution in [0, 0.1) is 0 Å². The molecule has 1 aliphatic carbocycles. The van der Waals surface area contributed by atoms with Crippen LogP contribution in [0.5, 0.6) is 11.5 Å². The number of piperazine rings is 1.